The summed E-state index contributed by atoms with van der Waals surface area (Å²) >= 11 is 3.50. The van der Waals surface area contributed by atoms with Crippen molar-refractivity contribution in [3.8, 4) is 0 Å². The summed E-state index contributed by atoms with van der Waals surface area (Å²) in [5.41, 5.74) is 2.69. The number of carbonyl (C=O) groups excluding carboxylic acids is 1. The number of carbonyl (C=O) groups is 1. The van der Waals surface area contributed by atoms with Gasteiger partial charge in [-0.15, -0.1) is 0 Å². The molecule has 0 bridgehead atoms. The van der Waals surface area contributed by atoms with Crippen LogP contribution in [0.25, 0.3) is 0 Å². The molecule has 0 aliphatic rings. The van der Waals surface area contributed by atoms with Crippen LogP contribution in [-0.2, 0) is 0 Å². The Kier molecular flexibility index (Phi) is 5.57. The van der Waals surface area contributed by atoms with Gasteiger partial charge < -0.3 is 4.90 Å². The van der Waals surface area contributed by atoms with Crippen molar-refractivity contribution in [3.05, 3.63) is 64.1 Å². The molecule has 110 valence electrons. The molecule has 2 aromatic rings. The molecular weight excluding hydrogens is 326 g/mol. The van der Waals surface area contributed by atoms with Crippen molar-refractivity contribution in [1.82, 2.24) is 0 Å². The monoisotopic (exact) mass is 345 g/mol. The van der Waals surface area contributed by atoms with Gasteiger partial charge in [-0.3, -0.25) is 4.79 Å². The maximum atomic E-state index is 12.9. The molecule has 0 heterocycles. The highest BCUT2D eigenvalue weighted by Gasteiger charge is 2.19. The van der Waals surface area contributed by atoms with Gasteiger partial charge in [0.05, 0.1) is 0 Å². The molecule has 0 aromatic heterocycles. The predicted octanol–water partition coefficient (Wildman–Crippen LogP) is 5.20. The normalized spacial score (nSPS) is 10.4. The lowest BCUT2D eigenvalue weighted by Gasteiger charge is -2.24. The molecule has 2 nitrogen and oxygen atoms in total. The largest absolute Gasteiger partial charge is 0.308 e. The number of halogens is 1. The van der Waals surface area contributed by atoms with Crippen molar-refractivity contribution in [3.63, 3.8) is 0 Å². The average Bonchev–Trinajstić information content (AvgIpc) is 2.51. The molecule has 0 radical (unpaired) electrons. The fourth-order valence-corrected chi connectivity index (χ4v) is 2.62. The number of nitrogens with zero attached hydrogens (tertiary/aromatic N) is 1. The van der Waals surface area contributed by atoms with E-state index in [2.05, 4.69) is 22.9 Å². The molecule has 0 aliphatic carbocycles. The first-order chi connectivity index (χ1) is 10.1. The van der Waals surface area contributed by atoms with Gasteiger partial charge in [0, 0.05) is 22.3 Å². The van der Waals surface area contributed by atoms with Crippen molar-refractivity contribution >= 4 is 27.5 Å². The third kappa shape index (κ3) is 3.73. The van der Waals surface area contributed by atoms with Crippen LogP contribution in [0.1, 0.15) is 35.7 Å². The van der Waals surface area contributed by atoms with Crippen molar-refractivity contribution < 1.29 is 4.79 Å². The maximum Gasteiger partial charge on any atom is 0.258 e. The Morgan fingerprint density at radius 1 is 1.10 bits per heavy atom. The second kappa shape index (κ2) is 7.41. The molecule has 1 amide bonds. The minimum absolute atomic E-state index is 0.0634. The van der Waals surface area contributed by atoms with Crippen LogP contribution >= 0.6 is 15.9 Å². The minimum atomic E-state index is 0.0634. The highest BCUT2D eigenvalue weighted by Crippen LogP contribution is 2.23. The molecule has 0 spiro atoms. The summed E-state index contributed by atoms with van der Waals surface area (Å²) in [6.45, 7) is 4.85. The molecule has 0 aliphatic heterocycles. The summed E-state index contributed by atoms with van der Waals surface area (Å²) in [4.78, 5) is 14.8. The molecule has 0 unspecified atom stereocenters. The Labute approximate surface area is 134 Å². The van der Waals surface area contributed by atoms with E-state index in [9.17, 15) is 4.79 Å². The average molecular weight is 346 g/mol. The Bertz CT molecular complexity index is 610. The molecule has 0 atom stereocenters. The number of para-hydroxylation sites is 1. The molecule has 2 rings (SSSR count). The molecular formula is C18H20BrNO. The van der Waals surface area contributed by atoms with Crippen LogP contribution in [0.4, 0.5) is 5.69 Å². The molecule has 0 saturated carbocycles. The lowest BCUT2D eigenvalue weighted by Crippen LogP contribution is -2.32. The number of benzene rings is 2. The van der Waals surface area contributed by atoms with Crippen LogP contribution in [-0.4, -0.2) is 12.5 Å². The Hall–Kier alpha value is -1.61. The van der Waals surface area contributed by atoms with Crippen LogP contribution in [0.5, 0.6) is 0 Å². The molecule has 21 heavy (non-hydrogen) atoms. The number of rotatable bonds is 5. The van der Waals surface area contributed by atoms with Gasteiger partial charge in [0.15, 0.2) is 0 Å². The third-order valence-corrected chi connectivity index (χ3v) is 4.41. The van der Waals surface area contributed by atoms with Gasteiger partial charge in [-0.05, 0) is 43.2 Å². The van der Waals surface area contributed by atoms with Gasteiger partial charge in [0.1, 0.15) is 0 Å². The van der Waals surface area contributed by atoms with E-state index in [1.807, 2.05) is 60.4 Å². The summed E-state index contributed by atoms with van der Waals surface area (Å²) in [6.07, 6.45) is 2.06. The zero-order valence-electron chi connectivity index (χ0n) is 12.5. The summed E-state index contributed by atoms with van der Waals surface area (Å²) in [5.74, 6) is 0.0634. The fourth-order valence-electron chi connectivity index (χ4n) is 2.26. The summed E-state index contributed by atoms with van der Waals surface area (Å²) < 4.78 is 0.969. The molecule has 0 saturated heterocycles. The maximum absolute atomic E-state index is 12.9. The standard InChI is InChI=1S/C18H20BrNO/c1-3-4-13-20(15-9-6-5-7-10-15)18(21)16-11-8-12-17(19)14(16)2/h5-12H,3-4,13H2,1-2H3. The van der Waals surface area contributed by atoms with Gasteiger partial charge in [0.25, 0.3) is 5.91 Å². The van der Waals surface area contributed by atoms with Crippen LogP contribution in [0.2, 0.25) is 0 Å². The van der Waals surface area contributed by atoms with Crippen molar-refractivity contribution in [1.29, 1.82) is 0 Å². The van der Waals surface area contributed by atoms with Gasteiger partial charge in [-0.1, -0.05) is 53.5 Å². The van der Waals surface area contributed by atoms with Crippen LogP contribution in [0, 0.1) is 6.92 Å². The van der Waals surface area contributed by atoms with Crippen molar-refractivity contribution in [2.75, 3.05) is 11.4 Å². The number of unbranched alkanes of at least 4 members (excludes halogenated alkanes) is 1. The summed E-state index contributed by atoms with van der Waals surface area (Å²) in [6, 6.07) is 15.6. The molecule has 0 fully saturated rings. The zero-order chi connectivity index (χ0) is 15.2. The fraction of sp³-hybridized carbons (Fsp3) is 0.278. The number of hydrogen-bond donors (Lipinski definition) is 0. The first-order valence-electron chi connectivity index (χ1n) is 7.27. The highest BCUT2D eigenvalue weighted by atomic mass is 79.9. The van der Waals surface area contributed by atoms with Crippen LogP contribution in [0.3, 0.4) is 0 Å². The lowest BCUT2D eigenvalue weighted by atomic mass is 10.1. The van der Waals surface area contributed by atoms with E-state index in [0.717, 1.165) is 40.7 Å². The van der Waals surface area contributed by atoms with E-state index in [1.54, 1.807) is 0 Å². The Morgan fingerprint density at radius 2 is 1.81 bits per heavy atom. The Balaban J connectivity index is 2.36. The topological polar surface area (TPSA) is 20.3 Å². The number of amides is 1. The van der Waals surface area contributed by atoms with E-state index in [0.29, 0.717) is 0 Å². The van der Waals surface area contributed by atoms with E-state index in [4.69, 9.17) is 0 Å². The van der Waals surface area contributed by atoms with Gasteiger partial charge >= 0.3 is 0 Å². The summed E-state index contributed by atoms with van der Waals surface area (Å²) in [7, 11) is 0. The molecule has 0 N–H and O–H groups in total. The first-order valence-corrected chi connectivity index (χ1v) is 8.06. The third-order valence-electron chi connectivity index (χ3n) is 3.55. The molecule has 2 aromatic carbocycles. The van der Waals surface area contributed by atoms with Crippen LogP contribution < -0.4 is 4.90 Å². The highest BCUT2D eigenvalue weighted by molar-refractivity contribution is 9.10. The number of hydrogen-bond acceptors (Lipinski definition) is 1. The van der Waals surface area contributed by atoms with Gasteiger partial charge in [-0.2, -0.15) is 0 Å². The van der Waals surface area contributed by atoms with Gasteiger partial charge in [-0.25, -0.2) is 0 Å². The lowest BCUT2D eigenvalue weighted by molar-refractivity contribution is 0.0986. The van der Waals surface area contributed by atoms with Gasteiger partial charge in [0.2, 0.25) is 0 Å². The van der Waals surface area contributed by atoms with Crippen molar-refractivity contribution in [2.45, 2.75) is 26.7 Å². The second-order valence-electron chi connectivity index (χ2n) is 5.06. The van der Waals surface area contributed by atoms with Crippen LogP contribution in [0.15, 0.2) is 53.0 Å². The zero-order valence-corrected chi connectivity index (χ0v) is 14.1. The van der Waals surface area contributed by atoms with E-state index < -0.39 is 0 Å². The first kappa shape index (κ1) is 15.8. The smallest absolute Gasteiger partial charge is 0.258 e. The van der Waals surface area contributed by atoms with Crippen molar-refractivity contribution in [2.24, 2.45) is 0 Å². The minimum Gasteiger partial charge on any atom is -0.308 e. The van der Waals surface area contributed by atoms with E-state index in [-0.39, 0.29) is 5.91 Å². The van der Waals surface area contributed by atoms with E-state index >= 15 is 0 Å². The molecule has 3 heteroatoms. The second-order valence-corrected chi connectivity index (χ2v) is 5.91. The summed E-state index contributed by atoms with van der Waals surface area (Å²) in [5, 5.41) is 0. The quantitative estimate of drug-likeness (QED) is 0.728. The van der Waals surface area contributed by atoms with E-state index in [1.165, 1.54) is 0 Å². The predicted molar refractivity (Wildman–Crippen MR) is 91.9 cm³/mol. The Morgan fingerprint density at radius 3 is 2.48 bits per heavy atom. The SMILES string of the molecule is CCCCN(C(=O)c1cccc(Br)c1C)c1ccccc1. The number of anilines is 1.